The van der Waals surface area contributed by atoms with Crippen LogP contribution in [0.5, 0.6) is 0 Å². The van der Waals surface area contributed by atoms with Crippen LogP contribution in [-0.4, -0.2) is 55.6 Å². The molecule has 0 aromatic rings. The first-order chi connectivity index (χ1) is 8.99. The second-order valence-electron chi connectivity index (χ2n) is 6.82. The van der Waals surface area contributed by atoms with Crippen molar-refractivity contribution in [3.63, 3.8) is 0 Å². The van der Waals surface area contributed by atoms with Crippen molar-refractivity contribution in [1.82, 2.24) is 5.32 Å². The van der Waals surface area contributed by atoms with Crippen molar-refractivity contribution in [3.05, 3.63) is 0 Å². The van der Waals surface area contributed by atoms with E-state index in [1.54, 1.807) is 0 Å². The van der Waals surface area contributed by atoms with E-state index < -0.39 is 32.9 Å². The van der Waals surface area contributed by atoms with Gasteiger partial charge in [0, 0.05) is 6.92 Å². The summed E-state index contributed by atoms with van der Waals surface area (Å²) in [5.74, 6) is -0.264. The van der Waals surface area contributed by atoms with Crippen LogP contribution in [0.25, 0.3) is 0 Å². The van der Waals surface area contributed by atoms with E-state index in [0.717, 1.165) is 0 Å². The molecule has 0 aliphatic carbocycles. The summed E-state index contributed by atoms with van der Waals surface area (Å²) in [7, 11) is -2.10. The van der Waals surface area contributed by atoms with Crippen LogP contribution in [0.3, 0.4) is 0 Å². The number of hydrogen-bond acceptors (Lipinski definition) is 5. The van der Waals surface area contributed by atoms with Gasteiger partial charge in [0.1, 0.15) is 12.1 Å². The van der Waals surface area contributed by atoms with Gasteiger partial charge in [-0.3, -0.25) is 4.79 Å². The Balaban J connectivity index is 2.94. The van der Waals surface area contributed by atoms with Crippen LogP contribution in [0.4, 0.5) is 0 Å². The zero-order valence-corrected chi connectivity index (χ0v) is 14.1. The molecule has 0 unspecified atom stereocenters. The van der Waals surface area contributed by atoms with Gasteiger partial charge in [-0.1, -0.05) is 20.8 Å². The summed E-state index contributed by atoms with van der Waals surface area (Å²) in [4.78, 5) is 11.3. The predicted octanol–water partition coefficient (Wildman–Crippen LogP) is 0.591. The molecule has 1 heterocycles. The molecule has 7 heteroatoms. The second kappa shape index (κ2) is 6.11. The quantitative estimate of drug-likeness (QED) is 0.662. The maximum absolute atomic E-state index is 11.3. The molecule has 0 aromatic carbocycles. The lowest BCUT2D eigenvalue weighted by atomic mass is 10.1. The van der Waals surface area contributed by atoms with Crippen molar-refractivity contribution >= 4 is 14.2 Å². The molecule has 3 N–H and O–H groups in total. The summed E-state index contributed by atoms with van der Waals surface area (Å²) in [6.45, 7) is 11.6. The van der Waals surface area contributed by atoms with Gasteiger partial charge in [-0.2, -0.15) is 0 Å². The smallest absolute Gasteiger partial charge is 0.217 e. The molecular formula is C13H27NO5Si. The molecule has 1 rings (SSSR count). The molecule has 0 bridgehead atoms. The number of nitrogens with one attached hydrogen (secondary N) is 1. The zero-order chi connectivity index (χ0) is 15.7. The number of carbonyl (C=O) groups excluding carboxylic acids is 1. The number of amides is 1. The molecule has 0 aromatic heterocycles. The van der Waals surface area contributed by atoms with E-state index in [1.807, 2.05) is 0 Å². The number of rotatable bonds is 4. The topological polar surface area (TPSA) is 88.0 Å². The minimum absolute atomic E-state index is 0.0126. The Morgan fingerprint density at radius 2 is 1.95 bits per heavy atom. The Bertz CT molecular complexity index is 355. The Labute approximate surface area is 121 Å². The molecule has 0 spiro atoms. The fourth-order valence-corrected chi connectivity index (χ4v) is 3.27. The third-order valence-electron chi connectivity index (χ3n) is 4.13. The second-order valence-corrected chi connectivity index (χ2v) is 11.6. The highest BCUT2D eigenvalue weighted by atomic mass is 28.4. The lowest BCUT2D eigenvalue weighted by Gasteiger charge is -2.40. The molecule has 1 amide bonds. The molecule has 1 aliphatic rings. The van der Waals surface area contributed by atoms with E-state index in [1.165, 1.54) is 6.92 Å². The largest absolute Gasteiger partial charge is 0.409 e. The van der Waals surface area contributed by atoms with Crippen molar-refractivity contribution in [3.8, 4) is 0 Å². The molecule has 0 saturated carbocycles. The number of ether oxygens (including phenoxy) is 1. The van der Waals surface area contributed by atoms with Crippen molar-refractivity contribution in [2.75, 3.05) is 6.61 Å². The van der Waals surface area contributed by atoms with Crippen LogP contribution in [0.2, 0.25) is 18.1 Å². The van der Waals surface area contributed by atoms with Gasteiger partial charge >= 0.3 is 0 Å². The summed E-state index contributed by atoms with van der Waals surface area (Å²) in [6, 6.07) is -0.654. The third-order valence-corrected chi connectivity index (χ3v) is 8.60. The van der Waals surface area contributed by atoms with Gasteiger partial charge in [0.25, 0.3) is 0 Å². The first-order valence-corrected chi connectivity index (χ1v) is 9.79. The highest BCUT2D eigenvalue weighted by molar-refractivity contribution is 6.74. The van der Waals surface area contributed by atoms with E-state index >= 15 is 0 Å². The monoisotopic (exact) mass is 305 g/mol. The van der Waals surface area contributed by atoms with Crippen molar-refractivity contribution in [1.29, 1.82) is 0 Å². The lowest BCUT2D eigenvalue weighted by molar-refractivity contribution is -0.127. The van der Waals surface area contributed by atoms with Crippen LogP contribution in [0.15, 0.2) is 0 Å². The highest BCUT2D eigenvalue weighted by Crippen LogP contribution is 2.39. The maximum Gasteiger partial charge on any atom is 0.217 e. The number of hydrogen-bond donors (Lipinski definition) is 3. The van der Waals surface area contributed by atoms with Crippen LogP contribution in [0.1, 0.15) is 27.7 Å². The Morgan fingerprint density at radius 1 is 1.40 bits per heavy atom. The van der Waals surface area contributed by atoms with Gasteiger partial charge in [-0.15, -0.1) is 0 Å². The average molecular weight is 305 g/mol. The molecule has 118 valence electrons. The molecule has 0 radical (unpaired) electrons. The zero-order valence-electron chi connectivity index (χ0n) is 13.1. The molecule has 4 atom stereocenters. The minimum atomic E-state index is -2.10. The predicted molar refractivity (Wildman–Crippen MR) is 77.6 cm³/mol. The van der Waals surface area contributed by atoms with E-state index in [4.69, 9.17) is 9.16 Å². The van der Waals surface area contributed by atoms with Crippen molar-refractivity contribution in [2.45, 2.75) is 70.4 Å². The van der Waals surface area contributed by atoms with Crippen LogP contribution >= 0.6 is 0 Å². The summed E-state index contributed by atoms with van der Waals surface area (Å²) >= 11 is 0. The SMILES string of the molecule is CC(=O)N[C@@H]1[C@H](O[Si](C)(C)C(C)(C)C)[C@@H](CO)O[C@@H]1O. The van der Waals surface area contributed by atoms with Gasteiger partial charge < -0.3 is 24.7 Å². The number of aliphatic hydroxyl groups excluding tert-OH is 2. The number of carbonyl (C=O) groups is 1. The molecule has 6 nitrogen and oxygen atoms in total. The fraction of sp³-hybridized carbons (Fsp3) is 0.923. The van der Waals surface area contributed by atoms with E-state index in [2.05, 4.69) is 39.2 Å². The first-order valence-electron chi connectivity index (χ1n) is 6.89. The number of aliphatic hydroxyl groups is 2. The molecular weight excluding hydrogens is 278 g/mol. The van der Waals surface area contributed by atoms with Gasteiger partial charge in [0.15, 0.2) is 14.6 Å². The van der Waals surface area contributed by atoms with Gasteiger partial charge in [-0.25, -0.2) is 0 Å². The summed E-state index contributed by atoms with van der Waals surface area (Å²) < 4.78 is 11.5. The van der Waals surface area contributed by atoms with Crippen LogP contribution in [0, 0.1) is 0 Å². The summed E-state index contributed by atoms with van der Waals surface area (Å²) in [6.07, 6.45) is -2.33. The normalized spacial score (nSPS) is 31.4. The van der Waals surface area contributed by atoms with Crippen molar-refractivity contribution in [2.24, 2.45) is 0 Å². The van der Waals surface area contributed by atoms with Gasteiger partial charge in [0.05, 0.1) is 12.7 Å². The molecule has 20 heavy (non-hydrogen) atoms. The van der Waals surface area contributed by atoms with Crippen LogP contribution < -0.4 is 5.32 Å². The minimum Gasteiger partial charge on any atom is -0.409 e. The summed E-state index contributed by atoms with van der Waals surface area (Å²) in [5.41, 5.74) is 0. The maximum atomic E-state index is 11.3. The molecule has 1 saturated heterocycles. The third kappa shape index (κ3) is 3.79. The fourth-order valence-electron chi connectivity index (χ4n) is 1.94. The van der Waals surface area contributed by atoms with Gasteiger partial charge in [-0.05, 0) is 18.1 Å². The Kier molecular flexibility index (Phi) is 5.37. The average Bonchev–Trinajstić information content (AvgIpc) is 2.54. The molecule has 1 fully saturated rings. The Hall–Kier alpha value is -0.473. The van der Waals surface area contributed by atoms with Crippen LogP contribution in [-0.2, 0) is 14.0 Å². The summed E-state index contributed by atoms with van der Waals surface area (Å²) in [5, 5.41) is 21.9. The van der Waals surface area contributed by atoms with E-state index in [0.29, 0.717) is 0 Å². The first kappa shape index (κ1) is 17.6. The van der Waals surface area contributed by atoms with Crippen molar-refractivity contribution < 1.29 is 24.2 Å². The van der Waals surface area contributed by atoms with E-state index in [-0.39, 0.29) is 17.6 Å². The lowest BCUT2D eigenvalue weighted by Crippen LogP contribution is -2.54. The standard InChI is InChI=1S/C13H27NO5Si/c1-8(16)14-10-11(9(7-15)18-12(10)17)19-20(5,6)13(2,3)4/h9-12,15,17H,7H2,1-6H3,(H,14,16)/t9-,10-,11-,12+/m1/s1. The van der Waals surface area contributed by atoms with E-state index in [9.17, 15) is 15.0 Å². The molecule has 1 aliphatic heterocycles. The highest BCUT2D eigenvalue weighted by Gasteiger charge is 2.49. The van der Waals surface area contributed by atoms with Gasteiger partial charge in [0.2, 0.25) is 5.91 Å². The Morgan fingerprint density at radius 3 is 2.35 bits per heavy atom.